The van der Waals surface area contributed by atoms with Crippen molar-refractivity contribution in [2.24, 2.45) is 11.1 Å². The van der Waals surface area contributed by atoms with Crippen LogP contribution in [0.4, 0.5) is 13.2 Å². The first-order chi connectivity index (χ1) is 16.3. The zero-order valence-electron chi connectivity index (χ0n) is 18.4. The van der Waals surface area contributed by atoms with Gasteiger partial charge in [-0.2, -0.15) is 13.2 Å². The van der Waals surface area contributed by atoms with Crippen LogP contribution in [0, 0.1) is 5.92 Å². The fraction of sp³-hybridized carbons (Fsp3) is 0.458. The number of rotatable bonds is 8. The predicted molar refractivity (Wildman–Crippen MR) is 122 cm³/mol. The van der Waals surface area contributed by atoms with Crippen molar-refractivity contribution in [1.82, 2.24) is 10.3 Å². The van der Waals surface area contributed by atoms with Gasteiger partial charge in [-0.3, -0.25) is 4.79 Å². The van der Waals surface area contributed by atoms with Crippen molar-refractivity contribution in [3.05, 3.63) is 47.1 Å². The average Bonchev–Trinajstić information content (AvgIpc) is 3.63. The highest BCUT2D eigenvalue weighted by Gasteiger charge is 2.30. The van der Waals surface area contributed by atoms with Crippen molar-refractivity contribution in [3.63, 3.8) is 0 Å². The molecule has 2 aliphatic rings. The van der Waals surface area contributed by atoms with Gasteiger partial charge in [-0.05, 0) is 61.8 Å². The van der Waals surface area contributed by atoms with Crippen molar-refractivity contribution in [2.45, 2.75) is 50.7 Å². The number of carbonyl (C=O) groups is 1. The summed E-state index contributed by atoms with van der Waals surface area (Å²) in [4.78, 5) is 21.9. The zero-order valence-corrected chi connectivity index (χ0v) is 19.2. The molecule has 0 saturated heterocycles. The summed E-state index contributed by atoms with van der Waals surface area (Å²) in [5.74, 6) is 0.574. The summed E-state index contributed by atoms with van der Waals surface area (Å²) in [5, 5.41) is 7.12. The van der Waals surface area contributed by atoms with Crippen molar-refractivity contribution in [2.75, 3.05) is 13.2 Å². The van der Waals surface area contributed by atoms with Gasteiger partial charge < -0.3 is 14.9 Å². The van der Waals surface area contributed by atoms with E-state index in [0.29, 0.717) is 53.1 Å². The Kier molecular flexibility index (Phi) is 7.60. The highest BCUT2D eigenvalue weighted by atomic mass is 35.5. The lowest BCUT2D eigenvalue weighted by Gasteiger charge is -2.24. The summed E-state index contributed by atoms with van der Waals surface area (Å²) in [6, 6.07) is 8.36. The number of halogens is 4. The van der Waals surface area contributed by atoms with Crippen LogP contribution in [0.1, 0.15) is 48.9 Å². The molecule has 182 valence electrons. The minimum atomic E-state index is -4.47. The van der Waals surface area contributed by atoms with Crippen LogP contribution in [-0.4, -0.2) is 42.0 Å². The quantitative estimate of drug-likeness (QED) is 0.470. The van der Waals surface area contributed by atoms with Gasteiger partial charge in [0.1, 0.15) is 0 Å². The van der Waals surface area contributed by atoms with Crippen LogP contribution >= 0.6 is 11.6 Å². The Labute approximate surface area is 200 Å². The van der Waals surface area contributed by atoms with Gasteiger partial charge in [0.2, 0.25) is 12.5 Å². The summed E-state index contributed by atoms with van der Waals surface area (Å²) in [7, 11) is 0. The van der Waals surface area contributed by atoms with Crippen LogP contribution in [0.15, 0.2) is 41.7 Å². The van der Waals surface area contributed by atoms with E-state index in [9.17, 15) is 18.0 Å². The fourth-order valence-corrected chi connectivity index (χ4v) is 3.83. The van der Waals surface area contributed by atoms with E-state index in [1.165, 1.54) is 6.20 Å². The molecule has 1 aromatic heterocycles. The largest absolute Gasteiger partial charge is 0.477 e. The Morgan fingerprint density at radius 1 is 1.18 bits per heavy atom. The number of carbonyl (C=O) groups excluding carboxylic acids is 1. The lowest BCUT2D eigenvalue weighted by Crippen LogP contribution is -2.42. The predicted octanol–water partition coefficient (Wildman–Crippen LogP) is 5.80. The minimum Gasteiger partial charge on any atom is -0.477 e. The molecule has 4 rings (SSSR count). The molecule has 0 bridgehead atoms. The molecule has 1 atom stereocenters. The van der Waals surface area contributed by atoms with Crippen molar-refractivity contribution in [1.29, 1.82) is 0 Å². The first kappa shape index (κ1) is 24.3. The van der Waals surface area contributed by atoms with E-state index in [1.807, 2.05) is 12.1 Å². The number of nitrogens with zero attached hydrogens (tertiary/aromatic N) is 2. The summed E-state index contributed by atoms with van der Waals surface area (Å²) in [6.45, 7) is -0.896. The van der Waals surface area contributed by atoms with E-state index in [-0.39, 0.29) is 0 Å². The molecule has 0 aliphatic heterocycles. The van der Waals surface area contributed by atoms with Gasteiger partial charge in [-0.25, -0.2) is 4.98 Å². The van der Waals surface area contributed by atoms with Crippen LogP contribution < -0.4 is 10.1 Å². The minimum absolute atomic E-state index is 0.310. The lowest BCUT2D eigenvalue weighted by molar-refractivity contribution is -0.173. The maximum absolute atomic E-state index is 13.0. The second kappa shape index (κ2) is 10.6. The Morgan fingerprint density at radius 2 is 1.94 bits per heavy atom. The summed E-state index contributed by atoms with van der Waals surface area (Å²) < 4.78 is 43.1. The molecule has 1 unspecified atom stereocenters. The summed E-state index contributed by atoms with van der Waals surface area (Å²) in [5.41, 5.74) is 2.18. The van der Waals surface area contributed by atoms with Crippen LogP contribution in [0.25, 0.3) is 11.1 Å². The summed E-state index contributed by atoms with van der Waals surface area (Å²) >= 11 is 6.02. The van der Waals surface area contributed by atoms with E-state index in [1.54, 1.807) is 18.2 Å². The molecule has 2 aliphatic carbocycles. The number of ether oxygens (including phenoxy) is 1. The Bertz CT molecular complexity index is 1040. The summed E-state index contributed by atoms with van der Waals surface area (Å²) in [6.07, 6.45) is 1.87. The van der Waals surface area contributed by atoms with E-state index >= 15 is 0 Å². The van der Waals surface area contributed by atoms with Gasteiger partial charge in [0.15, 0.2) is 0 Å². The normalized spacial score (nSPS) is 19.6. The van der Waals surface area contributed by atoms with E-state index in [4.69, 9.17) is 16.3 Å². The van der Waals surface area contributed by atoms with Gasteiger partial charge in [0.25, 0.3) is 5.91 Å². The SMILES string of the molecule is O=C(NC1CCCCC1=NOCC(F)(F)F)c1cnc(OCC2CC2)c(-c2ccc(Cl)cc2)c1. The lowest BCUT2D eigenvalue weighted by atomic mass is 9.93. The molecule has 2 fully saturated rings. The van der Waals surface area contributed by atoms with E-state index in [0.717, 1.165) is 31.2 Å². The molecule has 2 saturated carbocycles. The molecular formula is C24H25ClF3N3O3. The standard InChI is InChI=1S/C24H25ClF3N3O3/c25-18-9-7-16(8-10-18)19-11-17(12-29-23(19)33-13-15-5-6-15)22(32)30-20-3-1-2-4-21(20)31-34-14-24(26,27)28/h7-12,15,20H,1-6,13-14H2,(H,30,32). The zero-order chi connectivity index (χ0) is 24.1. The number of nitrogens with one attached hydrogen (secondary N) is 1. The van der Waals surface area contributed by atoms with Gasteiger partial charge >= 0.3 is 6.18 Å². The van der Waals surface area contributed by atoms with Gasteiger partial charge in [0, 0.05) is 16.8 Å². The molecule has 34 heavy (non-hydrogen) atoms. The maximum Gasteiger partial charge on any atom is 0.425 e. The molecule has 10 heteroatoms. The number of hydrogen-bond acceptors (Lipinski definition) is 5. The second-order valence-corrected chi connectivity index (χ2v) is 9.02. The molecule has 1 aromatic carbocycles. The third-order valence-electron chi connectivity index (χ3n) is 5.71. The monoisotopic (exact) mass is 495 g/mol. The molecule has 1 heterocycles. The first-order valence-electron chi connectivity index (χ1n) is 11.2. The number of pyridine rings is 1. The molecule has 6 nitrogen and oxygen atoms in total. The second-order valence-electron chi connectivity index (χ2n) is 8.58. The van der Waals surface area contributed by atoms with Crippen LogP contribution in [-0.2, 0) is 4.84 Å². The van der Waals surface area contributed by atoms with Crippen LogP contribution in [0.5, 0.6) is 5.88 Å². The molecule has 1 amide bonds. The highest BCUT2D eigenvalue weighted by Crippen LogP contribution is 2.33. The number of benzene rings is 1. The average molecular weight is 496 g/mol. The van der Waals surface area contributed by atoms with E-state index in [2.05, 4.69) is 20.3 Å². The first-order valence-corrected chi connectivity index (χ1v) is 11.6. The topological polar surface area (TPSA) is 72.8 Å². The van der Waals surface area contributed by atoms with Crippen LogP contribution in [0.3, 0.4) is 0 Å². The number of alkyl halides is 3. The smallest absolute Gasteiger partial charge is 0.425 e. The van der Waals surface area contributed by atoms with Crippen molar-refractivity contribution < 1.29 is 27.5 Å². The molecule has 2 aromatic rings. The molecule has 0 radical (unpaired) electrons. The van der Waals surface area contributed by atoms with Gasteiger partial charge in [-0.15, -0.1) is 0 Å². The van der Waals surface area contributed by atoms with Gasteiger partial charge in [0.05, 0.1) is 23.9 Å². The number of hydrogen-bond donors (Lipinski definition) is 1. The Balaban J connectivity index is 1.51. The number of aromatic nitrogens is 1. The number of oxime groups is 1. The molecule has 0 spiro atoms. The molecule has 1 N–H and O–H groups in total. The van der Waals surface area contributed by atoms with Crippen molar-refractivity contribution >= 4 is 23.2 Å². The Morgan fingerprint density at radius 3 is 2.65 bits per heavy atom. The van der Waals surface area contributed by atoms with Crippen LogP contribution in [0.2, 0.25) is 5.02 Å². The molecular weight excluding hydrogens is 471 g/mol. The van der Waals surface area contributed by atoms with Gasteiger partial charge in [-0.1, -0.05) is 35.3 Å². The third kappa shape index (κ3) is 6.85. The van der Waals surface area contributed by atoms with Crippen molar-refractivity contribution in [3.8, 4) is 17.0 Å². The fourth-order valence-electron chi connectivity index (χ4n) is 3.70. The van der Waals surface area contributed by atoms with E-state index < -0.39 is 24.7 Å². The highest BCUT2D eigenvalue weighted by molar-refractivity contribution is 6.30. The Hall–Kier alpha value is -2.81. The third-order valence-corrected chi connectivity index (χ3v) is 5.97. The maximum atomic E-state index is 13.0. The number of amides is 1.